The number of rotatable bonds is 5. The summed E-state index contributed by atoms with van der Waals surface area (Å²) in [4.78, 5) is 40.6. The van der Waals surface area contributed by atoms with Crippen molar-refractivity contribution in [2.24, 2.45) is 5.92 Å². The summed E-state index contributed by atoms with van der Waals surface area (Å²) in [6, 6.07) is 7.80. The van der Waals surface area contributed by atoms with Crippen LogP contribution in [0.25, 0.3) is 0 Å². The first kappa shape index (κ1) is 18.4. The molecule has 0 radical (unpaired) electrons. The highest BCUT2D eigenvalue weighted by molar-refractivity contribution is 6.01. The Balaban J connectivity index is 1.56. The molecule has 2 fully saturated rings. The minimum Gasteiger partial charge on any atom is -0.347 e. The Bertz CT molecular complexity index is 683. The van der Waals surface area contributed by atoms with E-state index in [1.807, 2.05) is 29.2 Å². The van der Waals surface area contributed by atoms with Gasteiger partial charge in [0.05, 0.1) is 12.5 Å². The fourth-order valence-electron chi connectivity index (χ4n) is 3.75. The van der Waals surface area contributed by atoms with E-state index in [1.54, 1.807) is 4.90 Å². The van der Waals surface area contributed by atoms with Crippen molar-refractivity contribution in [1.82, 2.24) is 10.2 Å². The van der Waals surface area contributed by atoms with Crippen molar-refractivity contribution >= 4 is 23.4 Å². The second-order valence-electron chi connectivity index (χ2n) is 7.05. The van der Waals surface area contributed by atoms with Crippen LogP contribution in [0.2, 0.25) is 0 Å². The monoisotopic (exact) mass is 357 g/mol. The third-order valence-corrected chi connectivity index (χ3v) is 5.28. The number of piperidine rings is 1. The van der Waals surface area contributed by atoms with E-state index in [4.69, 9.17) is 0 Å². The molecule has 0 aliphatic carbocycles. The van der Waals surface area contributed by atoms with Gasteiger partial charge in [0.15, 0.2) is 0 Å². The quantitative estimate of drug-likeness (QED) is 0.872. The van der Waals surface area contributed by atoms with Gasteiger partial charge in [0.25, 0.3) is 0 Å². The molecule has 3 rings (SSSR count). The van der Waals surface area contributed by atoms with Gasteiger partial charge in [-0.2, -0.15) is 0 Å². The van der Waals surface area contributed by atoms with Crippen LogP contribution in [0.15, 0.2) is 24.3 Å². The molecule has 2 saturated heterocycles. The van der Waals surface area contributed by atoms with Crippen LogP contribution in [-0.2, 0) is 20.8 Å². The van der Waals surface area contributed by atoms with Crippen LogP contribution in [-0.4, -0.2) is 48.8 Å². The lowest BCUT2D eigenvalue weighted by Crippen LogP contribution is -2.44. The van der Waals surface area contributed by atoms with E-state index in [-0.39, 0.29) is 30.7 Å². The second kappa shape index (κ2) is 8.34. The molecule has 1 aromatic carbocycles. The number of nitrogens with zero attached hydrogens (tertiary/aromatic N) is 2. The zero-order valence-corrected chi connectivity index (χ0v) is 15.4. The van der Waals surface area contributed by atoms with Crippen LogP contribution < -0.4 is 10.2 Å². The highest BCUT2D eigenvalue weighted by Gasteiger charge is 2.36. The zero-order valence-electron chi connectivity index (χ0n) is 15.4. The maximum absolute atomic E-state index is 12.4. The first-order valence-corrected chi connectivity index (χ1v) is 9.54. The van der Waals surface area contributed by atoms with Gasteiger partial charge >= 0.3 is 0 Å². The lowest BCUT2D eigenvalue weighted by atomic mass is 10.1. The Hall–Kier alpha value is -2.37. The highest BCUT2D eigenvalue weighted by atomic mass is 16.2. The number of likely N-dealkylation sites (tertiary alicyclic amines) is 1. The molecule has 1 N–H and O–H groups in total. The Morgan fingerprint density at radius 2 is 1.88 bits per heavy atom. The van der Waals surface area contributed by atoms with E-state index in [2.05, 4.69) is 12.2 Å². The van der Waals surface area contributed by atoms with E-state index in [9.17, 15) is 14.4 Å². The molecule has 2 aliphatic rings. The molecule has 1 aromatic rings. The van der Waals surface area contributed by atoms with Crippen LogP contribution >= 0.6 is 0 Å². The summed E-state index contributed by atoms with van der Waals surface area (Å²) in [7, 11) is 0. The van der Waals surface area contributed by atoms with Crippen LogP contribution in [0, 0.1) is 5.92 Å². The average molecular weight is 357 g/mol. The Morgan fingerprint density at radius 1 is 1.15 bits per heavy atom. The van der Waals surface area contributed by atoms with Crippen LogP contribution in [0.1, 0.15) is 38.2 Å². The average Bonchev–Trinajstić information content (AvgIpc) is 3.08. The second-order valence-corrected chi connectivity index (χ2v) is 7.05. The molecule has 1 unspecified atom stereocenters. The molecule has 3 amide bonds. The first-order valence-electron chi connectivity index (χ1n) is 9.54. The third kappa shape index (κ3) is 4.06. The summed E-state index contributed by atoms with van der Waals surface area (Å²) in [5.41, 5.74) is 1.99. The van der Waals surface area contributed by atoms with Crippen molar-refractivity contribution in [2.75, 3.05) is 31.1 Å². The van der Waals surface area contributed by atoms with Crippen molar-refractivity contribution in [3.8, 4) is 0 Å². The molecule has 0 saturated carbocycles. The predicted octanol–water partition coefficient (Wildman–Crippen LogP) is 1.73. The lowest BCUT2D eigenvalue weighted by Gasteiger charge is -2.27. The van der Waals surface area contributed by atoms with Crippen LogP contribution in [0.4, 0.5) is 5.69 Å². The van der Waals surface area contributed by atoms with E-state index in [1.165, 1.54) is 0 Å². The van der Waals surface area contributed by atoms with Crippen molar-refractivity contribution < 1.29 is 14.4 Å². The Kier molecular flexibility index (Phi) is 5.91. The van der Waals surface area contributed by atoms with E-state index >= 15 is 0 Å². The summed E-state index contributed by atoms with van der Waals surface area (Å²) in [5.74, 6) is -0.675. The molecule has 26 heavy (non-hydrogen) atoms. The van der Waals surface area contributed by atoms with Gasteiger partial charge in [0.2, 0.25) is 17.7 Å². The molecule has 6 heteroatoms. The van der Waals surface area contributed by atoms with E-state index < -0.39 is 5.92 Å². The fourth-order valence-corrected chi connectivity index (χ4v) is 3.75. The maximum Gasteiger partial charge on any atom is 0.241 e. The zero-order chi connectivity index (χ0) is 18.5. The minimum atomic E-state index is -0.401. The summed E-state index contributed by atoms with van der Waals surface area (Å²) in [6.45, 7) is 4.00. The van der Waals surface area contributed by atoms with E-state index in [0.717, 1.165) is 50.0 Å². The summed E-state index contributed by atoms with van der Waals surface area (Å²) in [6.07, 6.45) is 4.25. The van der Waals surface area contributed by atoms with Gasteiger partial charge in [-0.05, 0) is 37.3 Å². The molecule has 0 aromatic heterocycles. The van der Waals surface area contributed by atoms with Gasteiger partial charge in [-0.3, -0.25) is 14.4 Å². The smallest absolute Gasteiger partial charge is 0.241 e. The molecule has 2 aliphatic heterocycles. The third-order valence-electron chi connectivity index (χ3n) is 5.28. The molecule has 140 valence electrons. The number of amides is 3. The predicted molar refractivity (Wildman–Crippen MR) is 99.7 cm³/mol. The number of anilines is 1. The van der Waals surface area contributed by atoms with Gasteiger partial charge in [-0.15, -0.1) is 0 Å². The number of para-hydroxylation sites is 1. The summed E-state index contributed by atoms with van der Waals surface area (Å²) < 4.78 is 0. The minimum absolute atomic E-state index is 0.0229. The number of hydrogen-bond donors (Lipinski definition) is 1. The van der Waals surface area contributed by atoms with Gasteiger partial charge in [-0.1, -0.05) is 25.1 Å². The summed E-state index contributed by atoms with van der Waals surface area (Å²) >= 11 is 0. The number of carbonyl (C=O) groups excluding carboxylic acids is 3. The van der Waals surface area contributed by atoms with Gasteiger partial charge in [-0.25, -0.2) is 0 Å². The van der Waals surface area contributed by atoms with Gasteiger partial charge < -0.3 is 15.1 Å². The Morgan fingerprint density at radius 3 is 2.62 bits per heavy atom. The van der Waals surface area contributed by atoms with Crippen LogP contribution in [0.3, 0.4) is 0 Å². The fraction of sp³-hybridized carbons (Fsp3) is 0.550. The molecular weight excluding hydrogens is 330 g/mol. The van der Waals surface area contributed by atoms with Crippen molar-refractivity contribution in [3.63, 3.8) is 0 Å². The number of nitrogens with one attached hydrogen (secondary N) is 1. The van der Waals surface area contributed by atoms with Gasteiger partial charge in [0.1, 0.15) is 0 Å². The lowest BCUT2D eigenvalue weighted by molar-refractivity contribution is -0.134. The normalized spacial score (nSPS) is 20.3. The standard InChI is InChI=1S/C20H27N3O3/c1-2-15-8-4-5-9-17(15)23-14-16(12-18(23)24)20(26)21-13-19(25)22-10-6-3-7-11-22/h4-5,8-9,16H,2-3,6-7,10-14H2,1H3,(H,21,26). The molecule has 0 spiro atoms. The molecule has 6 nitrogen and oxygen atoms in total. The number of carbonyl (C=O) groups is 3. The molecule has 1 atom stereocenters. The number of aryl methyl sites for hydroxylation is 1. The maximum atomic E-state index is 12.4. The Labute approximate surface area is 154 Å². The highest BCUT2D eigenvalue weighted by Crippen LogP contribution is 2.28. The SMILES string of the molecule is CCc1ccccc1N1CC(C(=O)NCC(=O)N2CCCCC2)CC1=O. The molecular formula is C20H27N3O3. The first-order chi connectivity index (χ1) is 12.6. The van der Waals surface area contributed by atoms with E-state index in [0.29, 0.717) is 6.54 Å². The van der Waals surface area contributed by atoms with Gasteiger partial charge in [0, 0.05) is 31.7 Å². The van der Waals surface area contributed by atoms with Crippen molar-refractivity contribution in [2.45, 2.75) is 39.0 Å². The topological polar surface area (TPSA) is 69.7 Å². The number of hydrogen-bond acceptors (Lipinski definition) is 3. The molecule has 2 heterocycles. The summed E-state index contributed by atoms with van der Waals surface area (Å²) in [5, 5.41) is 2.73. The van der Waals surface area contributed by atoms with Crippen LogP contribution in [0.5, 0.6) is 0 Å². The van der Waals surface area contributed by atoms with Crippen molar-refractivity contribution in [3.05, 3.63) is 29.8 Å². The van der Waals surface area contributed by atoms with Crippen molar-refractivity contribution in [1.29, 1.82) is 0 Å². The molecule has 0 bridgehead atoms. The largest absolute Gasteiger partial charge is 0.347 e. The number of benzene rings is 1.